The smallest absolute Gasteiger partial charge is 0.337 e. The normalized spacial score (nSPS) is 9.71. The van der Waals surface area contributed by atoms with Gasteiger partial charge < -0.3 is 91.9 Å². The van der Waals surface area contributed by atoms with Crippen molar-refractivity contribution in [3.8, 4) is 0 Å². The van der Waals surface area contributed by atoms with Crippen LogP contribution in [0.2, 0.25) is 0 Å². The Morgan fingerprint density at radius 3 is 0.213 bits per heavy atom. The molecule has 38 heteroatoms. The summed E-state index contributed by atoms with van der Waals surface area (Å²) < 4.78 is 0. The van der Waals surface area contributed by atoms with Gasteiger partial charge in [-0.2, -0.15) is 0 Å². The fraction of sp³-hybridized carbons (Fsp3) is 0. The lowest BCUT2D eigenvalue weighted by Gasteiger charge is -2.15. The standard InChI is InChI=1S/3C12H6O12.CHNO/c3*13-7(14)1-2(8(15)16)4(10(19)20)6(12(23)24)5(11(21)22)3(1)9(17)18;2-1-3/h3*(H,13,14)(H,15,16)(H,17,18)(H,19,20)(H,21,22)(H,23,24);2H. The summed E-state index contributed by atoms with van der Waals surface area (Å²) >= 11 is 0. The summed E-state index contributed by atoms with van der Waals surface area (Å²) in [5.74, 6) is -40.6. The fourth-order valence-electron chi connectivity index (χ4n) is 6.10. The van der Waals surface area contributed by atoms with Gasteiger partial charge in [0.1, 0.15) is 0 Å². The van der Waals surface area contributed by atoms with Crippen LogP contribution >= 0.6 is 0 Å². The van der Waals surface area contributed by atoms with E-state index < -0.39 is 208 Å². The van der Waals surface area contributed by atoms with Crippen molar-refractivity contribution in [2.75, 3.05) is 0 Å². The van der Waals surface area contributed by atoms with Gasteiger partial charge in [0.05, 0.1) is 100 Å². The molecule has 0 amide bonds. The number of nitrogens with one attached hydrogen (secondary N) is 1. The number of rotatable bonds is 18. The van der Waals surface area contributed by atoms with Crippen LogP contribution in [-0.4, -0.2) is 205 Å². The van der Waals surface area contributed by atoms with Gasteiger partial charge in [-0.05, 0) is 0 Å². The van der Waals surface area contributed by atoms with Gasteiger partial charge in [-0.25, -0.2) is 96.5 Å². The molecule has 3 rings (SSSR count). The number of carboxylic acid groups (broad SMARTS) is 18. The molecular weight excluding hydrogens is 1050 g/mol. The molecule has 75 heavy (non-hydrogen) atoms. The Balaban J connectivity index is 0.00000107. The van der Waals surface area contributed by atoms with E-state index in [4.69, 9.17) is 102 Å². The number of benzene rings is 3. The van der Waals surface area contributed by atoms with Crippen molar-refractivity contribution in [2.45, 2.75) is 0 Å². The van der Waals surface area contributed by atoms with Gasteiger partial charge in [-0.15, -0.1) is 0 Å². The molecule has 0 aromatic heterocycles. The van der Waals surface area contributed by atoms with Crippen LogP contribution in [0.15, 0.2) is 0 Å². The second-order valence-corrected chi connectivity index (χ2v) is 12.3. The van der Waals surface area contributed by atoms with E-state index in [0.29, 0.717) is 0 Å². The number of carboxylic acids is 18. The first kappa shape index (κ1) is 62.5. The van der Waals surface area contributed by atoms with Crippen molar-refractivity contribution in [1.82, 2.24) is 0 Å². The maximum absolute atomic E-state index is 11.2. The van der Waals surface area contributed by atoms with Gasteiger partial charge in [0.25, 0.3) is 0 Å². The zero-order chi connectivity index (χ0) is 59.5. The Hall–Kier alpha value is -12.5. The summed E-state index contributed by atoms with van der Waals surface area (Å²) in [6.07, 6.45) is 0.750. The maximum atomic E-state index is 11.2. The third-order valence-electron chi connectivity index (χ3n) is 8.35. The van der Waals surface area contributed by atoms with Crippen molar-refractivity contribution < 1.29 is 183 Å². The fourth-order valence-corrected chi connectivity index (χ4v) is 6.10. The van der Waals surface area contributed by atoms with Crippen LogP contribution in [0.4, 0.5) is 0 Å². The van der Waals surface area contributed by atoms with Crippen LogP contribution in [0.3, 0.4) is 0 Å². The number of isocyanates is 1. The first-order valence-corrected chi connectivity index (χ1v) is 17.2. The van der Waals surface area contributed by atoms with Gasteiger partial charge in [0.15, 0.2) is 0 Å². The molecule has 0 saturated heterocycles. The first-order chi connectivity index (χ1) is 34.2. The van der Waals surface area contributed by atoms with Gasteiger partial charge in [-0.3, -0.25) is 0 Å². The summed E-state index contributed by atoms with van der Waals surface area (Å²) in [4.78, 5) is 210. The highest BCUT2D eigenvalue weighted by molar-refractivity contribution is 6.26. The average molecular weight is 1070 g/mol. The van der Waals surface area contributed by atoms with E-state index in [1.807, 2.05) is 0 Å². The predicted molar refractivity (Wildman–Crippen MR) is 213 cm³/mol. The SMILES string of the molecule is N=C=O.O=C(O)c1c(C(=O)O)c(C(=O)O)c(C(=O)O)c(C(=O)O)c1C(=O)O.O=C(O)c1c(C(=O)O)c(C(=O)O)c(C(=O)O)c(C(=O)O)c1C(=O)O.O=C(O)c1c(C(=O)O)c(C(=O)O)c(C(=O)O)c(C(=O)O)c1C(=O)O. The van der Waals surface area contributed by atoms with Crippen molar-refractivity contribution in [1.29, 1.82) is 5.41 Å². The molecule has 0 radical (unpaired) electrons. The minimum atomic E-state index is -2.26. The molecule has 0 unspecified atom stereocenters. The van der Waals surface area contributed by atoms with Crippen molar-refractivity contribution in [2.24, 2.45) is 0 Å². The molecular formula is C37H19NO37. The Kier molecular flexibility index (Phi) is 20.1. The molecule has 0 aliphatic heterocycles. The molecule has 19 N–H and O–H groups in total. The summed E-state index contributed by atoms with van der Waals surface area (Å²) in [5.41, 5.74) is -29.8. The molecule has 394 valence electrons. The van der Waals surface area contributed by atoms with Crippen molar-refractivity contribution in [3.05, 3.63) is 100 Å². The molecule has 3 aromatic rings. The molecule has 0 heterocycles. The van der Waals surface area contributed by atoms with E-state index in [1.165, 1.54) is 0 Å². The molecule has 3 aromatic carbocycles. The van der Waals surface area contributed by atoms with E-state index >= 15 is 0 Å². The zero-order valence-corrected chi connectivity index (χ0v) is 34.8. The zero-order valence-electron chi connectivity index (χ0n) is 34.8. The molecule has 0 spiro atoms. The van der Waals surface area contributed by atoms with E-state index in [0.717, 1.165) is 6.08 Å². The van der Waals surface area contributed by atoms with Gasteiger partial charge in [0.2, 0.25) is 6.08 Å². The maximum Gasteiger partial charge on any atom is 0.337 e. The lowest BCUT2D eigenvalue weighted by atomic mass is 9.86. The molecule has 0 saturated carbocycles. The van der Waals surface area contributed by atoms with Gasteiger partial charge in [0, 0.05) is 0 Å². The minimum absolute atomic E-state index is 0.750. The Bertz CT molecular complexity index is 2340. The lowest BCUT2D eigenvalue weighted by Crippen LogP contribution is -2.27. The van der Waals surface area contributed by atoms with E-state index in [1.54, 1.807) is 0 Å². The number of carbonyl (C=O) groups excluding carboxylic acids is 1. The molecule has 0 bridgehead atoms. The van der Waals surface area contributed by atoms with Crippen molar-refractivity contribution in [3.63, 3.8) is 0 Å². The highest BCUT2D eigenvalue weighted by Gasteiger charge is 2.43. The molecule has 0 atom stereocenters. The van der Waals surface area contributed by atoms with Crippen molar-refractivity contribution >= 4 is 114 Å². The topological polar surface area (TPSA) is 712 Å². The van der Waals surface area contributed by atoms with Crippen LogP contribution in [0, 0.1) is 5.41 Å². The van der Waals surface area contributed by atoms with Crippen LogP contribution in [0.25, 0.3) is 0 Å². The Morgan fingerprint density at radius 2 is 0.200 bits per heavy atom. The number of carbonyl (C=O) groups is 18. The Labute approximate surface area is 402 Å². The monoisotopic (exact) mass is 1070 g/mol. The summed E-state index contributed by atoms with van der Waals surface area (Å²) in [5, 5.41) is 168. The highest BCUT2D eigenvalue weighted by Crippen LogP contribution is 2.33. The molecule has 38 nitrogen and oxygen atoms in total. The largest absolute Gasteiger partial charge is 0.478 e. The molecule has 0 fully saturated rings. The number of aromatic carboxylic acids is 18. The summed E-state index contributed by atoms with van der Waals surface area (Å²) in [7, 11) is 0. The van der Waals surface area contributed by atoms with E-state index in [2.05, 4.69) is 0 Å². The number of hydrogen-bond donors (Lipinski definition) is 19. The van der Waals surface area contributed by atoms with Crippen LogP contribution < -0.4 is 0 Å². The van der Waals surface area contributed by atoms with Crippen LogP contribution in [0.1, 0.15) is 186 Å². The second kappa shape index (κ2) is 24.2. The van der Waals surface area contributed by atoms with E-state index in [-0.39, 0.29) is 0 Å². The van der Waals surface area contributed by atoms with Gasteiger partial charge in [-0.1, -0.05) is 0 Å². The van der Waals surface area contributed by atoms with Crippen LogP contribution in [-0.2, 0) is 4.79 Å². The minimum Gasteiger partial charge on any atom is -0.478 e. The quantitative estimate of drug-likeness (QED) is 0.0565. The van der Waals surface area contributed by atoms with Gasteiger partial charge >= 0.3 is 107 Å². The predicted octanol–water partition coefficient (Wildman–Crippen LogP) is -0.472. The highest BCUT2D eigenvalue weighted by atomic mass is 16.4. The first-order valence-electron chi connectivity index (χ1n) is 17.2. The molecule has 0 aliphatic rings. The van der Waals surface area contributed by atoms with Crippen LogP contribution in [0.5, 0.6) is 0 Å². The summed E-state index contributed by atoms with van der Waals surface area (Å²) in [6.45, 7) is 0. The third kappa shape index (κ3) is 12.6. The molecule has 0 aliphatic carbocycles. The van der Waals surface area contributed by atoms with E-state index in [9.17, 15) is 86.3 Å². The number of hydrogen-bond acceptors (Lipinski definition) is 20. The Morgan fingerprint density at radius 1 is 0.173 bits per heavy atom. The third-order valence-corrected chi connectivity index (χ3v) is 8.35. The second-order valence-electron chi connectivity index (χ2n) is 12.3. The average Bonchev–Trinajstić information content (AvgIpc) is 3.25. The lowest BCUT2D eigenvalue weighted by molar-refractivity contribution is 0.0592. The summed E-state index contributed by atoms with van der Waals surface area (Å²) in [6, 6.07) is 0.